The lowest BCUT2D eigenvalue weighted by Gasteiger charge is -2.17. The number of benzene rings is 1. The molecule has 1 unspecified atom stereocenters. The normalized spacial score (nSPS) is 13.3. The first-order valence-corrected chi connectivity index (χ1v) is 12.6. The number of nitrogens with one attached hydrogen (secondary N) is 2. The molecular weight excluding hydrogens is 450 g/mol. The van der Waals surface area contributed by atoms with Gasteiger partial charge < -0.3 is 4.57 Å². The molecule has 0 radical (unpaired) electrons. The summed E-state index contributed by atoms with van der Waals surface area (Å²) >= 11 is 1.45. The number of rotatable bonds is 9. The van der Waals surface area contributed by atoms with Crippen molar-refractivity contribution in [2.75, 3.05) is 4.72 Å². The smallest absolute Gasteiger partial charge is 0.339 e. The maximum Gasteiger partial charge on any atom is 0.357 e. The van der Waals surface area contributed by atoms with E-state index in [9.17, 15) is 16.8 Å². The molecule has 3 rings (SSSR count). The Bertz CT molecular complexity index is 1220. The minimum Gasteiger partial charge on any atom is -0.339 e. The number of thiazole rings is 1. The fourth-order valence-electron chi connectivity index (χ4n) is 2.72. The van der Waals surface area contributed by atoms with Gasteiger partial charge in [0.25, 0.3) is 10.0 Å². The average Bonchev–Trinajstić information content (AvgIpc) is 3.30. The molecule has 0 bridgehead atoms. The summed E-state index contributed by atoms with van der Waals surface area (Å²) < 4.78 is 62.5. The van der Waals surface area contributed by atoms with Crippen LogP contribution in [-0.4, -0.2) is 35.9 Å². The average molecular weight is 472 g/mol. The Morgan fingerprint density at radius 3 is 2.43 bits per heavy atom. The van der Waals surface area contributed by atoms with Gasteiger partial charge in [0.2, 0.25) is 0 Å². The van der Waals surface area contributed by atoms with Crippen LogP contribution in [0.4, 0.5) is 5.69 Å². The summed E-state index contributed by atoms with van der Waals surface area (Å²) in [5.74, 6) is 0. The van der Waals surface area contributed by atoms with Crippen molar-refractivity contribution in [1.29, 1.82) is 0 Å². The van der Waals surface area contributed by atoms with Crippen LogP contribution in [0.15, 0.2) is 47.2 Å². The van der Waals surface area contributed by atoms with E-state index >= 15 is 0 Å². The molecule has 0 aliphatic heterocycles. The van der Waals surface area contributed by atoms with Gasteiger partial charge in [-0.15, -0.1) is 11.3 Å². The number of imidazole rings is 1. The minimum atomic E-state index is -4.37. The van der Waals surface area contributed by atoms with Crippen LogP contribution in [0.5, 0.6) is 0 Å². The molecule has 10 nitrogen and oxygen atoms in total. The fourth-order valence-corrected chi connectivity index (χ4v) is 5.15. The highest BCUT2D eigenvalue weighted by Gasteiger charge is 2.25. The van der Waals surface area contributed by atoms with Crippen LogP contribution in [0.3, 0.4) is 0 Å². The highest BCUT2D eigenvalue weighted by Crippen LogP contribution is 2.24. The lowest BCUT2D eigenvalue weighted by molar-refractivity contribution is 0.489. The molecule has 30 heavy (non-hydrogen) atoms. The highest BCUT2D eigenvalue weighted by molar-refractivity contribution is 7.89. The second kappa shape index (κ2) is 8.81. The van der Waals surface area contributed by atoms with Crippen molar-refractivity contribution in [1.82, 2.24) is 19.3 Å². The summed E-state index contributed by atoms with van der Waals surface area (Å²) in [4.78, 5) is 8.43. The van der Waals surface area contributed by atoms with E-state index in [1.54, 1.807) is 23.7 Å². The molecule has 2 aromatic heterocycles. The van der Waals surface area contributed by atoms with Crippen LogP contribution in [0.2, 0.25) is 0 Å². The van der Waals surface area contributed by atoms with Crippen LogP contribution in [0, 0.1) is 0 Å². The summed E-state index contributed by atoms with van der Waals surface area (Å²) in [6, 6.07) is 5.59. The van der Waals surface area contributed by atoms with Crippen molar-refractivity contribution in [3.05, 3.63) is 58.4 Å². The second-order valence-corrected chi connectivity index (χ2v) is 10.3. The predicted molar refractivity (Wildman–Crippen MR) is 113 cm³/mol. The van der Waals surface area contributed by atoms with Gasteiger partial charge in [0.15, 0.2) is 5.03 Å². The topological polar surface area (TPSA) is 143 Å². The maximum atomic E-state index is 12.8. The van der Waals surface area contributed by atoms with E-state index in [0.29, 0.717) is 5.69 Å². The largest absolute Gasteiger partial charge is 0.357 e. The molecule has 3 N–H and O–H groups in total. The van der Waals surface area contributed by atoms with Crippen LogP contribution >= 0.6 is 11.3 Å². The molecule has 0 amide bonds. The van der Waals surface area contributed by atoms with Crippen molar-refractivity contribution in [2.45, 2.75) is 30.8 Å². The van der Waals surface area contributed by atoms with Crippen LogP contribution in [0.1, 0.15) is 29.2 Å². The van der Waals surface area contributed by atoms with E-state index in [1.165, 1.54) is 36.0 Å². The van der Waals surface area contributed by atoms with E-state index < -0.39 is 26.4 Å². The third kappa shape index (κ3) is 5.86. The molecule has 162 valence electrons. The molecule has 1 aromatic carbocycles. The van der Waals surface area contributed by atoms with Crippen molar-refractivity contribution in [3.63, 3.8) is 0 Å². The van der Waals surface area contributed by atoms with Gasteiger partial charge in [-0.05, 0) is 30.5 Å². The van der Waals surface area contributed by atoms with Crippen molar-refractivity contribution >= 4 is 37.4 Å². The summed E-state index contributed by atoms with van der Waals surface area (Å²) in [7, 11) is -6.57. The van der Waals surface area contributed by atoms with E-state index in [0.717, 1.165) is 17.0 Å². The lowest BCUT2D eigenvalue weighted by Crippen LogP contribution is -2.30. The molecule has 0 spiro atoms. The zero-order valence-corrected chi connectivity index (χ0v) is 18.6. The van der Waals surface area contributed by atoms with Crippen molar-refractivity contribution in [2.24, 2.45) is 7.05 Å². The SMILES string of the molecule is CCc1nc(C(Cc2ccc(NS(=O)(=O)O)cc2)NS(=O)(=O)c2cn(C)cn2)cs1. The summed E-state index contributed by atoms with van der Waals surface area (Å²) in [6.07, 6.45) is 3.84. The number of aryl methyl sites for hydroxylation is 2. The van der Waals surface area contributed by atoms with Gasteiger partial charge in [0.05, 0.1) is 28.8 Å². The molecule has 1 atom stereocenters. The summed E-state index contributed by atoms with van der Waals surface area (Å²) in [5, 5.41) is 2.62. The Hall–Kier alpha value is -2.32. The number of aromatic nitrogens is 3. The predicted octanol–water partition coefficient (Wildman–Crippen LogP) is 1.92. The molecule has 2 heterocycles. The lowest BCUT2D eigenvalue weighted by atomic mass is 10.0. The van der Waals surface area contributed by atoms with Gasteiger partial charge in [-0.1, -0.05) is 19.1 Å². The monoisotopic (exact) mass is 471 g/mol. The Labute approximate surface area is 178 Å². The van der Waals surface area contributed by atoms with Crippen molar-refractivity contribution in [3.8, 4) is 0 Å². The van der Waals surface area contributed by atoms with E-state index in [1.807, 2.05) is 17.0 Å². The summed E-state index contributed by atoms with van der Waals surface area (Å²) in [5.41, 5.74) is 1.53. The number of sulfonamides is 1. The Morgan fingerprint density at radius 1 is 1.20 bits per heavy atom. The van der Waals surface area contributed by atoms with Crippen LogP contribution < -0.4 is 9.44 Å². The third-order valence-electron chi connectivity index (χ3n) is 4.12. The molecule has 3 aromatic rings. The molecule has 0 aliphatic carbocycles. The zero-order valence-electron chi connectivity index (χ0n) is 16.2. The maximum absolute atomic E-state index is 12.8. The molecule has 0 aliphatic rings. The van der Waals surface area contributed by atoms with Gasteiger partial charge >= 0.3 is 10.3 Å². The van der Waals surface area contributed by atoms with Gasteiger partial charge in [0, 0.05) is 18.6 Å². The molecule has 13 heteroatoms. The zero-order chi connectivity index (χ0) is 21.9. The molecular formula is C17H21N5O5S3. The van der Waals surface area contributed by atoms with Gasteiger partial charge in [-0.2, -0.15) is 8.42 Å². The van der Waals surface area contributed by atoms with Gasteiger partial charge in [-0.3, -0.25) is 9.27 Å². The van der Waals surface area contributed by atoms with Gasteiger partial charge in [0.1, 0.15) is 0 Å². The molecule has 0 fully saturated rings. The molecule has 0 saturated carbocycles. The van der Waals surface area contributed by atoms with E-state index in [4.69, 9.17) is 4.55 Å². The number of hydrogen-bond donors (Lipinski definition) is 3. The summed E-state index contributed by atoms with van der Waals surface area (Å²) in [6.45, 7) is 1.97. The minimum absolute atomic E-state index is 0.0892. The fraction of sp³-hybridized carbons (Fsp3) is 0.294. The van der Waals surface area contributed by atoms with Crippen LogP contribution in [0.25, 0.3) is 0 Å². The van der Waals surface area contributed by atoms with Crippen molar-refractivity contribution < 1.29 is 21.4 Å². The quantitative estimate of drug-likeness (QED) is 0.405. The first-order valence-electron chi connectivity index (χ1n) is 8.84. The highest BCUT2D eigenvalue weighted by atomic mass is 32.2. The Balaban J connectivity index is 1.86. The van der Waals surface area contributed by atoms with Crippen LogP contribution in [-0.2, 0) is 40.2 Å². The number of anilines is 1. The first kappa shape index (κ1) is 22.4. The van der Waals surface area contributed by atoms with E-state index in [-0.39, 0.29) is 17.1 Å². The van der Waals surface area contributed by atoms with Gasteiger partial charge in [-0.25, -0.2) is 23.1 Å². The number of nitrogens with zero attached hydrogens (tertiary/aromatic N) is 3. The van der Waals surface area contributed by atoms with E-state index in [2.05, 4.69) is 14.7 Å². The number of hydrogen-bond acceptors (Lipinski definition) is 7. The third-order valence-corrected chi connectivity index (χ3v) is 6.98. The Kier molecular flexibility index (Phi) is 6.57. The second-order valence-electron chi connectivity index (χ2n) is 6.55. The standard InChI is InChI=1S/C17H21N5O5S3/c1-3-16-19-15(10-28-16)14(21-29(23,24)17-9-22(2)11-18-17)8-12-4-6-13(7-5-12)20-30(25,26)27/h4-7,9-11,14,20-21H,3,8H2,1-2H3,(H,25,26,27). The first-order chi connectivity index (χ1) is 14.1. The Morgan fingerprint density at radius 2 is 1.90 bits per heavy atom. The molecule has 0 saturated heterocycles.